The van der Waals surface area contributed by atoms with Crippen LogP contribution in [0.2, 0.25) is 0 Å². The van der Waals surface area contributed by atoms with Gasteiger partial charge in [-0.2, -0.15) is 10.3 Å². The zero-order valence-electron chi connectivity index (χ0n) is 5.87. The van der Waals surface area contributed by atoms with Crippen molar-refractivity contribution in [3.05, 3.63) is 6.33 Å². The maximum absolute atomic E-state index is 3.95. The Bertz CT molecular complexity index is 366. The molecule has 2 aromatic heterocycles. The number of hydrogen-bond acceptors (Lipinski definition) is 5. The van der Waals surface area contributed by atoms with Crippen LogP contribution in [0.15, 0.2) is 6.33 Å². The van der Waals surface area contributed by atoms with Gasteiger partial charge < -0.3 is 5.32 Å². The van der Waals surface area contributed by atoms with Gasteiger partial charge in [0.05, 0.1) is 0 Å². The molecular formula is C5H6N6. The normalized spacial score (nSPS) is 10.3. The summed E-state index contributed by atoms with van der Waals surface area (Å²) in [6.07, 6.45) is 1.44. The molecule has 2 rings (SSSR count). The third kappa shape index (κ3) is 0.794. The van der Waals surface area contributed by atoms with Gasteiger partial charge in [0.15, 0.2) is 11.3 Å². The summed E-state index contributed by atoms with van der Waals surface area (Å²) in [7, 11) is 1.77. The van der Waals surface area contributed by atoms with Crippen LogP contribution in [0, 0.1) is 0 Å². The number of hydrogen-bond donors (Lipinski definition) is 2. The number of nitrogens with one attached hydrogen (secondary N) is 2. The van der Waals surface area contributed by atoms with Gasteiger partial charge in [-0.1, -0.05) is 0 Å². The lowest BCUT2D eigenvalue weighted by molar-refractivity contribution is 0.954. The fourth-order valence-corrected chi connectivity index (χ4v) is 0.860. The lowest BCUT2D eigenvalue weighted by Gasteiger charge is -1.94. The standard InChI is InChI=1S/C5H6N6/c1-6-4-3-5(8-2-7-4)10-11-9-3/h2H,1H3,(H2,6,7,8,9,10,11). The average molecular weight is 150 g/mol. The molecule has 0 aromatic carbocycles. The van der Waals surface area contributed by atoms with E-state index in [0.717, 1.165) is 0 Å². The maximum atomic E-state index is 3.95. The Morgan fingerprint density at radius 3 is 3.09 bits per heavy atom. The second-order valence-corrected chi connectivity index (χ2v) is 1.97. The molecule has 0 aliphatic heterocycles. The quantitative estimate of drug-likeness (QED) is 0.588. The summed E-state index contributed by atoms with van der Waals surface area (Å²) in [5, 5.41) is 13.0. The summed E-state index contributed by atoms with van der Waals surface area (Å²) >= 11 is 0. The molecule has 2 heterocycles. The van der Waals surface area contributed by atoms with E-state index in [1.807, 2.05) is 0 Å². The molecule has 2 aromatic rings. The highest BCUT2D eigenvalue weighted by Gasteiger charge is 2.03. The highest BCUT2D eigenvalue weighted by atomic mass is 15.3. The number of anilines is 1. The molecule has 0 spiro atoms. The van der Waals surface area contributed by atoms with Crippen LogP contribution in [0.1, 0.15) is 0 Å². The van der Waals surface area contributed by atoms with Crippen LogP contribution in [-0.4, -0.2) is 32.4 Å². The number of fused-ring (bicyclic) bond motifs is 1. The monoisotopic (exact) mass is 150 g/mol. The first-order valence-electron chi connectivity index (χ1n) is 3.11. The molecule has 0 saturated carbocycles. The zero-order valence-corrected chi connectivity index (χ0v) is 5.87. The van der Waals surface area contributed by atoms with Crippen molar-refractivity contribution in [2.75, 3.05) is 12.4 Å². The van der Waals surface area contributed by atoms with Crippen LogP contribution in [0.4, 0.5) is 5.82 Å². The molecule has 0 bridgehead atoms. The topological polar surface area (TPSA) is 79.4 Å². The lowest BCUT2D eigenvalue weighted by atomic mass is 10.5. The van der Waals surface area contributed by atoms with Gasteiger partial charge >= 0.3 is 0 Å². The van der Waals surface area contributed by atoms with E-state index in [-0.39, 0.29) is 0 Å². The predicted octanol–water partition coefficient (Wildman–Crippen LogP) is -0.210. The first-order valence-corrected chi connectivity index (χ1v) is 3.11. The summed E-state index contributed by atoms with van der Waals surface area (Å²) in [6.45, 7) is 0. The average Bonchev–Trinajstić information content (AvgIpc) is 2.50. The molecule has 0 radical (unpaired) electrons. The summed E-state index contributed by atoms with van der Waals surface area (Å²) in [5.74, 6) is 0.684. The van der Waals surface area contributed by atoms with Gasteiger partial charge in [0.25, 0.3) is 0 Å². The summed E-state index contributed by atoms with van der Waals surface area (Å²) in [4.78, 5) is 7.85. The van der Waals surface area contributed by atoms with Crippen LogP contribution in [0.25, 0.3) is 11.2 Å². The summed E-state index contributed by atoms with van der Waals surface area (Å²) in [5.41, 5.74) is 1.24. The van der Waals surface area contributed by atoms with Crippen molar-refractivity contribution in [2.45, 2.75) is 0 Å². The second-order valence-electron chi connectivity index (χ2n) is 1.97. The zero-order chi connectivity index (χ0) is 7.68. The third-order valence-electron chi connectivity index (χ3n) is 1.36. The van der Waals surface area contributed by atoms with Crippen LogP contribution >= 0.6 is 0 Å². The minimum atomic E-state index is 0.573. The first-order chi connectivity index (χ1) is 5.42. The Hall–Kier alpha value is -1.72. The minimum Gasteiger partial charge on any atom is -0.371 e. The Balaban J connectivity index is 2.79. The molecule has 6 nitrogen and oxygen atoms in total. The molecule has 11 heavy (non-hydrogen) atoms. The lowest BCUT2D eigenvalue weighted by Crippen LogP contribution is -1.93. The van der Waals surface area contributed by atoms with Gasteiger partial charge in [-0.05, 0) is 0 Å². The van der Waals surface area contributed by atoms with Crippen molar-refractivity contribution in [3.8, 4) is 0 Å². The van der Waals surface area contributed by atoms with Crippen molar-refractivity contribution in [1.82, 2.24) is 25.4 Å². The molecular weight excluding hydrogens is 144 g/mol. The van der Waals surface area contributed by atoms with Crippen LogP contribution in [0.3, 0.4) is 0 Å². The van der Waals surface area contributed by atoms with E-state index in [0.29, 0.717) is 17.0 Å². The number of aromatic amines is 1. The molecule has 0 aliphatic rings. The fourth-order valence-electron chi connectivity index (χ4n) is 0.860. The van der Waals surface area contributed by atoms with E-state index in [1.54, 1.807) is 7.05 Å². The highest BCUT2D eigenvalue weighted by Crippen LogP contribution is 2.11. The fraction of sp³-hybridized carbons (Fsp3) is 0.200. The minimum absolute atomic E-state index is 0.573. The van der Waals surface area contributed by atoms with E-state index < -0.39 is 0 Å². The molecule has 0 saturated heterocycles. The Morgan fingerprint density at radius 1 is 1.36 bits per heavy atom. The summed E-state index contributed by atoms with van der Waals surface area (Å²) < 4.78 is 0. The highest BCUT2D eigenvalue weighted by molar-refractivity contribution is 5.80. The van der Waals surface area contributed by atoms with Gasteiger partial charge in [0, 0.05) is 7.05 Å². The molecule has 0 unspecified atom stereocenters. The number of H-pyrrole nitrogens is 1. The van der Waals surface area contributed by atoms with Crippen molar-refractivity contribution in [3.63, 3.8) is 0 Å². The predicted molar refractivity (Wildman–Crippen MR) is 39.0 cm³/mol. The SMILES string of the molecule is CNc1ncnc2n[nH]nc12. The summed E-state index contributed by atoms with van der Waals surface area (Å²) in [6, 6.07) is 0. The van der Waals surface area contributed by atoms with Crippen molar-refractivity contribution >= 4 is 17.0 Å². The van der Waals surface area contributed by atoms with Crippen LogP contribution < -0.4 is 5.32 Å². The number of nitrogens with zero attached hydrogens (tertiary/aromatic N) is 4. The molecule has 0 aliphatic carbocycles. The van der Waals surface area contributed by atoms with Gasteiger partial charge in [0.1, 0.15) is 6.33 Å². The number of aromatic nitrogens is 5. The Morgan fingerprint density at radius 2 is 2.27 bits per heavy atom. The van der Waals surface area contributed by atoms with E-state index in [9.17, 15) is 0 Å². The molecule has 56 valence electrons. The third-order valence-corrected chi connectivity index (χ3v) is 1.36. The molecule has 2 N–H and O–H groups in total. The van der Waals surface area contributed by atoms with E-state index in [1.165, 1.54) is 6.33 Å². The van der Waals surface area contributed by atoms with Gasteiger partial charge in [0.2, 0.25) is 5.65 Å². The largest absolute Gasteiger partial charge is 0.371 e. The maximum Gasteiger partial charge on any atom is 0.206 e. The van der Waals surface area contributed by atoms with Crippen LogP contribution in [-0.2, 0) is 0 Å². The van der Waals surface area contributed by atoms with E-state index >= 15 is 0 Å². The Labute approximate surface area is 62.1 Å². The van der Waals surface area contributed by atoms with Crippen molar-refractivity contribution < 1.29 is 0 Å². The van der Waals surface area contributed by atoms with Crippen molar-refractivity contribution in [2.24, 2.45) is 0 Å². The molecule has 6 heteroatoms. The van der Waals surface area contributed by atoms with E-state index in [4.69, 9.17) is 0 Å². The van der Waals surface area contributed by atoms with Gasteiger partial charge in [-0.25, -0.2) is 9.97 Å². The smallest absolute Gasteiger partial charge is 0.206 e. The van der Waals surface area contributed by atoms with Gasteiger partial charge in [-0.15, -0.1) is 5.10 Å². The first kappa shape index (κ1) is 6.02. The molecule has 0 atom stereocenters. The Kier molecular flexibility index (Phi) is 1.18. The van der Waals surface area contributed by atoms with Gasteiger partial charge in [-0.3, -0.25) is 0 Å². The van der Waals surface area contributed by atoms with E-state index in [2.05, 4.69) is 30.7 Å². The molecule has 0 amide bonds. The molecule has 0 fully saturated rings. The number of rotatable bonds is 1. The second kappa shape index (κ2) is 2.15. The van der Waals surface area contributed by atoms with Crippen molar-refractivity contribution in [1.29, 1.82) is 0 Å². The van der Waals surface area contributed by atoms with Crippen LogP contribution in [0.5, 0.6) is 0 Å².